The van der Waals surface area contributed by atoms with Crippen LogP contribution >= 0.6 is 23.6 Å². The number of hydrogen-bond acceptors (Lipinski definition) is 4. The quantitative estimate of drug-likeness (QED) is 0.748. The smallest absolute Gasteiger partial charge is 0.229 e. The second-order valence-electron chi connectivity index (χ2n) is 3.14. The van der Waals surface area contributed by atoms with E-state index in [0.29, 0.717) is 6.54 Å². The number of carbonyl (C=O) groups excluding carboxylic acids is 1. The van der Waals surface area contributed by atoms with E-state index in [4.69, 9.17) is 18.0 Å². The molecule has 15 heavy (non-hydrogen) atoms. The number of nitrogens with zero attached hydrogens (tertiary/aromatic N) is 1. The van der Waals surface area contributed by atoms with Gasteiger partial charge in [-0.15, -0.1) is 11.3 Å². The third-order valence-electron chi connectivity index (χ3n) is 1.98. The summed E-state index contributed by atoms with van der Waals surface area (Å²) in [6.45, 7) is 2.26. The van der Waals surface area contributed by atoms with E-state index in [1.54, 1.807) is 23.8 Å². The highest BCUT2D eigenvalue weighted by Crippen LogP contribution is 2.01. The number of rotatable bonds is 5. The topological polar surface area (TPSA) is 68.0 Å². The molecule has 0 aromatic carbocycles. The zero-order valence-corrected chi connectivity index (χ0v) is 10.0. The fourth-order valence-electron chi connectivity index (χ4n) is 0.957. The van der Waals surface area contributed by atoms with Crippen LogP contribution in [0.5, 0.6) is 0 Å². The maximum Gasteiger partial charge on any atom is 0.229 e. The summed E-state index contributed by atoms with van der Waals surface area (Å²) in [4.78, 5) is 15.7. The molecule has 4 nitrogen and oxygen atoms in total. The van der Waals surface area contributed by atoms with Crippen molar-refractivity contribution in [2.75, 3.05) is 6.54 Å². The number of nitrogens with one attached hydrogen (secondary N) is 1. The fourth-order valence-corrected chi connectivity index (χ4v) is 1.66. The molecular formula is C9H13N3OS2. The van der Waals surface area contributed by atoms with Gasteiger partial charge in [0, 0.05) is 18.3 Å². The number of aromatic nitrogens is 1. The lowest BCUT2D eigenvalue weighted by Crippen LogP contribution is -2.37. The van der Waals surface area contributed by atoms with E-state index in [1.807, 2.05) is 5.38 Å². The van der Waals surface area contributed by atoms with Crippen LogP contribution in [0.1, 0.15) is 12.6 Å². The van der Waals surface area contributed by atoms with Crippen LogP contribution in [0.25, 0.3) is 0 Å². The molecular weight excluding hydrogens is 230 g/mol. The molecule has 1 atom stereocenters. The van der Waals surface area contributed by atoms with E-state index in [1.165, 1.54) is 0 Å². The zero-order valence-electron chi connectivity index (χ0n) is 8.40. The van der Waals surface area contributed by atoms with Crippen molar-refractivity contribution in [3.8, 4) is 0 Å². The number of thiocarbonyl (C=S) groups is 1. The highest BCUT2D eigenvalue weighted by molar-refractivity contribution is 7.80. The Morgan fingerprint density at radius 2 is 2.53 bits per heavy atom. The molecule has 1 unspecified atom stereocenters. The summed E-state index contributed by atoms with van der Waals surface area (Å²) in [6, 6.07) is 0. The Labute approximate surface area is 97.9 Å². The first-order chi connectivity index (χ1) is 7.11. The largest absolute Gasteiger partial charge is 0.393 e. The maximum atomic E-state index is 11.4. The molecule has 0 aliphatic rings. The van der Waals surface area contributed by atoms with Crippen LogP contribution in [0.3, 0.4) is 0 Å². The molecule has 1 heterocycles. The molecule has 1 rings (SSSR count). The van der Waals surface area contributed by atoms with E-state index >= 15 is 0 Å². The van der Waals surface area contributed by atoms with Gasteiger partial charge in [0.25, 0.3) is 0 Å². The van der Waals surface area contributed by atoms with Crippen molar-refractivity contribution in [2.45, 2.75) is 13.3 Å². The van der Waals surface area contributed by atoms with Crippen molar-refractivity contribution >= 4 is 34.5 Å². The van der Waals surface area contributed by atoms with Crippen LogP contribution < -0.4 is 11.1 Å². The summed E-state index contributed by atoms with van der Waals surface area (Å²) in [6.07, 6.45) is 0.735. The van der Waals surface area contributed by atoms with Crippen LogP contribution in [0.4, 0.5) is 0 Å². The maximum absolute atomic E-state index is 11.4. The van der Waals surface area contributed by atoms with Gasteiger partial charge in [0.2, 0.25) is 5.91 Å². The number of nitrogens with two attached hydrogens (primary N) is 1. The van der Waals surface area contributed by atoms with Crippen molar-refractivity contribution in [2.24, 2.45) is 11.7 Å². The van der Waals surface area contributed by atoms with Gasteiger partial charge < -0.3 is 11.1 Å². The van der Waals surface area contributed by atoms with Crippen LogP contribution in [0.2, 0.25) is 0 Å². The minimum Gasteiger partial charge on any atom is -0.393 e. The second kappa shape index (κ2) is 5.77. The van der Waals surface area contributed by atoms with Gasteiger partial charge in [-0.1, -0.05) is 12.2 Å². The summed E-state index contributed by atoms with van der Waals surface area (Å²) < 4.78 is 0. The first-order valence-corrected chi connectivity index (χ1v) is 5.90. The van der Waals surface area contributed by atoms with Crippen LogP contribution in [0, 0.1) is 5.92 Å². The van der Waals surface area contributed by atoms with Gasteiger partial charge >= 0.3 is 0 Å². The second-order valence-corrected chi connectivity index (χ2v) is 4.33. The molecule has 0 bridgehead atoms. The SMILES string of the molecule is CC(C(=O)NCCc1cscn1)C(N)=S. The Balaban J connectivity index is 2.26. The molecule has 0 fully saturated rings. The Hall–Kier alpha value is -1.01. The lowest BCUT2D eigenvalue weighted by atomic mass is 10.1. The minimum atomic E-state index is -0.407. The first kappa shape index (κ1) is 12.1. The number of thiazole rings is 1. The summed E-state index contributed by atoms with van der Waals surface area (Å²) in [7, 11) is 0. The molecule has 0 spiro atoms. The van der Waals surface area contributed by atoms with E-state index in [9.17, 15) is 4.79 Å². The predicted octanol–water partition coefficient (Wildman–Crippen LogP) is 0.724. The Kier molecular flexibility index (Phi) is 4.64. The molecule has 6 heteroatoms. The van der Waals surface area contributed by atoms with Crippen molar-refractivity contribution in [3.63, 3.8) is 0 Å². The van der Waals surface area contributed by atoms with E-state index < -0.39 is 5.92 Å². The molecule has 1 amide bonds. The third kappa shape index (κ3) is 3.93. The van der Waals surface area contributed by atoms with E-state index in [-0.39, 0.29) is 10.9 Å². The standard InChI is InChI=1S/C9H13N3OS2/c1-6(8(10)14)9(13)11-3-2-7-4-15-5-12-7/h4-6H,2-3H2,1H3,(H2,10,14)(H,11,13). The fraction of sp³-hybridized carbons (Fsp3) is 0.444. The molecule has 1 aromatic rings. The van der Waals surface area contributed by atoms with Crippen LogP contribution in [0.15, 0.2) is 10.9 Å². The van der Waals surface area contributed by atoms with Crippen LogP contribution in [-0.4, -0.2) is 22.4 Å². The Morgan fingerprint density at radius 1 is 1.80 bits per heavy atom. The Morgan fingerprint density at radius 3 is 3.07 bits per heavy atom. The minimum absolute atomic E-state index is 0.127. The molecule has 0 aliphatic carbocycles. The Bertz CT molecular complexity index is 337. The number of carbonyl (C=O) groups is 1. The van der Waals surface area contributed by atoms with E-state index in [0.717, 1.165) is 12.1 Å². The summed E-state index contributed by atoms with van der Waals surface area (Å²) in [5, 5.41) is 4.72. The molecule has 0 aliphatic heterocycles. The van der Waals surface area contributed by atoms with Gasteiger partial charge in [-0.3, -0.25) is 4.79 Å². The molecule has 1 aromatic heterocycles. The average Bonchev–Trinajstić information content (AvgIpc) is 2.69. The van der Waals surface area contributed by atoms with Gasteiger partial charge in [0.05, 0.1) is 22.1 Å². The molecule has 0 saturated carbocycles. The third-order valence-corrected chi connectivity index (χ3v) is 2.97. The highest BCUT2D eigenvalue weighted by atomic mass is 32.1. The molecule has 0 radical (unpaired) electrons. The van der Waals surface area contributed by atoms with Crippen molar-refractivity contribution < 1.29 is 4.79 Å². The van der Waals surface area contributed by atoms with Crippen molar-refractivity contribution in [1.82, 2.24) is 10.3 Å². The summed E-state index contributed by atoms with van der Waals surface area (Å²) in [5.41, 5.74) is 8.12. The first-order valence-electron chi connectivity index (χ1n) is 4.55. The van der Waals surface area contributed by atoms with Gasteiger partial charge in [-0.05, 0) is 6.92 Å². The zero-order chi connectivity index (χ0) is 11.3. The van der Waals surface area contributed by atoms with E-state index in [2.05, 4.69) is 10.3 Å². The van der Waals surface area contributed by atoms with Crippen molar-refractivity contribution in [1.29, 1.82) is 0 Å². The summed E-state index contributed by atoms with van der Waals surface area (Å²) in [5.74, 6) is -0.534. The van der Waals surface area contributed by atoms with Gasteiger partial charge in [-0.2, -0.15) is 0 Å². The normalized spacial score (nSPS) is 12.1. The lowest BCUT2D eigenvalue weighted by Gasteiger charge is -2.09. The van der Waals surface area contributed by atoms with Gasteiger partial charge in [-0.25, -0.2) is 4.98 Å². The lowest BCUT2D eigenvalue weighted by molar-refractivity contribution is -0.122. The average molecular weight is 243 g/mol. The number of amides is 1. The predicted molar refractivity (Wildman–Crippen MR) is 64.8 cm³/mol. The van der Waals surface area contributed by atoms with Gasteiger partial charge in [0.1, 0.15) is 0 Å². The molecule has 3 N–H and O–H groups in total. The molecule has 0 saturated heterocycles. The summed E-state index contributed by atoms with van der Waals surface area (Å²) >= 11 is 6.28. The monoisotopic (exact) mass is 243 g/mol. The van der Waals surface area contributed by atoms with Crippen molar-refractivity contribution in [3.05, 3.63) is 16.6 Å². The molecule has 82 valence electrons. The van der Waals surface area contributed by atoms with Gasteiger partial charge in [0.15, 0.2) is 0 Å². The number of hydrogen-bond donors (Lipinski definition) is 2. The van der Waals surface area contributed by atoms with Crippen LogP contribution in [-0.2, 0) is 11.2 Å². The highest BCUT2D eigenvalue weighted by Gasteiger charge is 2.14.